The third-order valence-corrected chi connectivity index (χ3v) is 5.64. The van der Waals surface area contributed by atoms with Gasteiger partial charge in [0, 0.05) is 18.5 Å². The van der Waals surface area contributed by atoms with Crippen LogP contribution in [0.2, 0.25) is 0 Å². The summed E-state index contributed by atoms with van der Waals surface area (Å²) in [7, 11) is -4.21. The number of hydrogen-bond acceptors (Lipinski definition) is 3. The molecule has 7 heteroatoms. The van der Waals surface area contributed by atoms with Crippen LogP contribution in [0.3, 0.4) is 0 Å². The number of alkyl halides is 1. The first kappa shape index (κ1) is 18.4. The van der Waals surface area contributed by atoms with Crippen molar-refractivity contribution in [3.05, 3.63) is 83.7 Å². The topological polar surface area (TPSA) is 72.2 Å². The molecular weight excluding hydrogens is 358 g/mol. The second-order valence-corrected chi connectivity index (χ2v) is 7.70. The maximum Gasteiger partial charge on any atom is 0.243 e. The SMILES string of the molecule is NCC1=CC=C(c2ccccc2)C(F)(NS(=O)(=O)c2ccc(F)cc2)C1. The van der Waals surface area contributed by atoms with Crippen LogP contribution in [0.1, 0.15) is 12.0 Å². The predicted molar refractivity (Wildman–Crippen MR) is 96.7 cm³/mol. The van der Waals surface area contributed by atoms with E-state index < -0.39 is 21.6 Å². The number of sulfonamides is 1. The van der Waals surface area contributed by atoms with Crippen molar-refractivity contribution >= 4 is 15.6 Å². The van der Waals surface area contributed by atoms with Crippen molar-refractivity contribution in [3.63, 3.8) is 0 Å². The Hall–Kier alpha value is -2.35. The number of hydrogen-bond donors (Lipinski definition) is 2. The van der Waals surface area contributed by atoms with Crippen molar-refractivity contribution < 1.29 is 17.2 Å². The van der Waals surface area contributed by atoms with Gasteiger partial charge in [0.15, 0.2) is 0 Å². The fourth-order valence-corrected chi connectivity index (χ4v) is 4.08. The van der Waals surface area contributed by atoms with Gasteiger partial charge in [-0.15, -0.1) is 0 Å². The minimum Gasteiger partial charge on any atom is -0.327 e. The van der Waals surface area contributed by atoms with Crippen LogP contribution in [-0.2, 0) is 10.0 Å². The minimum atomic E-state index is -4.21. The van der Waals surface area contributed by atoms with Crippen LogP contribution in [0.5, 0.6) is 0 Å². The van der Waals surface area contributed by atoms with Crippen LogP contribution >= 0.6 is 0 Å². The minimum absolute atomic E-state index is 0.114. The Balaban J connectivity index is 2.01. The molecule has 2 aromatic carbocycles. The summed E-state index contributed by atoms with van der Waals surface area (Å²) in [5.41, 5.74) is 6.95. The normalized spacial score (nSPS) is 20.4. The molecule has 1 unspecified atom stereocenters. The lowest BCUT2D eigenvalue weighted by molar-refractivity contribution is 0.222. The summed E-state index contributed by atoms with van der Waals surface area (Å²) in [4.78, 5) is -0.216. The largest absolute Gasteiger partial charge is 0.327 e. The lowest BCUT2D eigenvalue weighted by Crippen LogP contribution is -2.47. The zero-order valence-electron chi connectivity index (χ0n) is 13.8. The summed E-state index contributed by atoms with van der Waals surface area (Å²) in [5.74, 6) is -2.94. The van der Waals surface area contributed by atoms with Gasteiger partial charge in [-0.3, -0.25) is 0 Å². The molecule has 0 radical (unpaired) electrons. The van der Waals surface area contributed by atoms with Gasteiger partial charge in [-0.1, -0.05) is 48.1 Å². The third kappa shape index (κ3) is 3.75. The molecular formula is C19H18F2N2O2S. The Bertz CT molecular complexity index is 955. The van der Waals surface area contributed by atoms with Gasteiger partial charge in [-0.25, -0.2) is 17.2 Å². The second kappa shape index (κ2) is 7.11. The first-order valence-corrected chi connectivity index (χ1v) is 9.46. The molecule has 0 heterocycles. The summed E-state index contributed by atoms with van der Waals surface area (Å²) >= 11 is 0. The van der Waals surface area contributed by atoms with E-state index in [1.165, 1.54) is 6.08 Å². The maximum atomic E-state index is 15.9. The van der Waals surface area contributed by atoms with E-state index >= 15 is 4.39 Å². The van der Waals surface area contributed by atoms with Gasteiger partial charge in [0.05, 0.1) is 4.90 Å². The number of nitrogens with one attached hydrogen (secondary N) is 1. The molecule has 136 valence electrons. The van der Waals surface area contributed by atoms with Gasteiger partial charge in [-0.2, -0.15) is 4.72 Å². The van der Waals surface area contributed by atoms with Crippen LogP contribution in [0.25, 0.3) is 5.57 Å². The molecule has 2 aromatic rings. The average molecular weight is 376 g/mol. The summed E-state index contributed by atoms with van der Waals surface area (Å²) in [6.45, 7) is 0.114. The van der Waals surface area contributed by atoms with Crippen molar-refractivity contribution in [3.8, 4) is 0 Å². The summed E-state index contributed by atoms with van der Waals surface area (Å²) in [6, 6.07) is 12.9. The van der Waals surface area contributed by atoms with Crippen LogP contribution in [0.4, 0.5) is 8.78 Å². The molecule has 3 rings (SSSR count). The van der Waals surface area contributed by atoms with E-state index in [0.717, 1.165) is 24.3 Å². The number of halogens is 2. The summed E-state index contributed by atoms with van der Waals surface area (Å²) in [5, 5.41) is 0. The van der Waals surface area contributed by atoms with E-state index in [4.69, 9.17) is 5.73 Å². The molecule has 0 aliphatic heterocycles. The van der Waals surface area contributed by atoms with E-state index in [1.54, 1.807) is 36.4 Å². The molecule has 1 aliphatic rings. The van der Waals surface area contributed by atoms with Gasteiger partial charge in [0.2, 0.25) is 15.8 Å². The number of benzene rings is 2. The standard InChI is InChI=1S/C19H18F2N2O2S/c20-16-7-9-17(10-8-16)26(24,25)23-19(21)12-14(13-22)6-11-18(19)15-4-2-1-3-5-15/h1-11,23H,12-13,22H2. The highest BCUT2D eigenvalue weighted by Crippen LogP contribution is 2.38. The highest BCUT2D eigenvalue weighted by Gasteiger charge is 2.41. The van der Waals surface area contributed by atoms with Gasteiger partial charge < -0.3 is 5.73 Å². The first-order valence-electron chi connectivity index (χ1n) is 7.98. The molecule has 0 fully saturated rings. The lowest BCUT2D eigenvalue weighted by atomic mass is 9.87. The second-order valence-electron chi connectivity index (χ2n) is 6.01. The zero-order chi connectivity index (χ0) is 18.8. The third-order valence-electron chi connectivity index (χ3n) is 4.15. The summed E-state index contributed by atoms with van der Waals surface area (Å²) < 4.78 is 56.4. The van der Waals surface area contributed by atoms with Crippen molar-refractivity contribution in [2.45, 2.75) is 17.1 Å². The Morgan fingerprint density at radius 1 is 1.04 bits per heavy atom. The summed E-state index contributed by atoms with van der Waals surface area (Å²) in [6.07, 6.45) is 3.03. The van der Waals surface area contributed by atoms with Crippen molar-refractivity contribution in [2.75, 3.05) is 6.54 Å². The fraction of sp³-hybridized carbons (Fsp3) is 0.158. The van der Waals surface area contributed by atoms with Gasteiger partial charge in [0.1, 0.15) is 5.82 Å². The molecule has 1 atom stereocenters. The molecule has 0 bridgehead atoms. The Morgan fingerprint density at radius 2 is 1.69 bits per heavy atom. The molecule has 26 heavy (non-hydrogen) atoms. The van der Waals surface area contributed by atoms with E-state index in [1.807, 2.05) is 0 Å². The van der Waals surface area contributed by atoms with Crippen LogP contribution in [0, 0.1) is 5.82 Å². The Labute approximate surface area is 151 Å². The van der Waals surface area contributed by atoms with E-state index in [0.29, 0.717) is 11.1 Å². The molecule has 0 spiro atoms. The van der Waals surface area contributed by atoms with Crippen molar-refractivity contribution in [1.82, 2.24) is 4.72 Å². The van der Waals surface area contributed by atoms with Gasteiger partial charge >= 0.3 is 0 Å². The van der Waals surface area contributed by atoms with Gasteiger partial charge in [-0.05, 0) is 29.8 Å². The molecule has 0 aromatic heterocycles. The van der Waals surface area contributed by atoms with Crippen LogP contribution in [-0.4, -0.2) is 20.8 Å². The van der Waals surface area contributed by atoms with Gasteiger partial charge in [0.25, 0.3) is 0 Å². The van der Waals surface area contributed by atoms with E-state index in [9.17, 15) is 12.8 Å². The van der Waals surface area contributed by atoms with E-state index in [2.05, 4.69) is 4.72 Å². The zero-order valence-corrected chi connectivity index (χ0v) is 14.6. The Kier molecular flexibility index (Phi) is 5.04. The Morgan fingerprint density at radius 3 is 2.31 bits per heavy atom. The first-order chi connectivity index (χ1) is 12.3. The average Bonchev–Trinajstić information content (AvgIpc) is 2.62. The molecule has 1 aliphatic carbocycles. The molecule has 0 saturated carbocycles. The monoisotopic (exact) mass is 376 g/mol. The van der Waals surface area contributed by atoms with Crippen LogP contribution in [0.15, 0.2) is 77.2 Å². The fourth-order valence-electron chi connectivity index (χ4n) is 2.86. The molecule has 4 nitrogen and oxygen atoms in total. The molecule has 0 saturated heterocycles. The number of allylic oxidation sites excluding steroid dienone is 2. The number of nitrogens with two attached hydrogens (primary N) is 1. The number of rotatable bonds is 5. The maximum absolute atomic E-state index is 15.9. The van der Waals surface area contributed by atoms with Crippen molar-refractivity contribution in [2.24, 2.45) is 5.73 Å². The quantitative estimate of drug-likeness (QED) is 0.788. The highest BCUT2D eigenvalue weighted by atomic mass is 32.2. The van der Waals surface area contributed by atoms with Crippen LogP contribution < -0.4 is 10.5 Å². The lowest BCUT2D eigenvalue weighted by Gasteiger charge is -2.32. The smallest absolute Gasteiger partial charge is 0.243 e. The predicted octanol–water partition coefficient (Wildman–Crippen LogP) is 3.14. The molecule has 3 N–H and O–H groups in total. The van der Waals surface area contributed by atoms with Crippen molar-refractivity contribution in [1.29, 1.82) is 0 Å². The van der Waals surface area contributed by atoms with E-state index in [-0.39, 0.29) is 23.4 Å². The molecule has 0 amide bonds. The highest BCUT2D eigenvalue weighted by molar-refractivity contribution is 7.89.